The van der Waals surface area contributed by atoms with Crippen molar-refractivity contribution in [3.8, 4) is 11.5 Å². The van der Waals surface area contributed by atoms with E-state index in [-0.39, 0.29) is 4.87 Å². The molecule has 1 aromatic heterocycles. The Morgan fingerprint density at radius 3 is 2.52 bits per heavy atom. The van der Waals surface area contributed by atoms with Gasteiger partial charge in [-0.2, -0.15) is 0 Å². The van der Waals surface area contributed by atoms with Gasteiger partial charge in [-0.05, 0) is 31.2 Å². The quantitative estimate of drug-likeness (QED) is 0.743. The van der Waals surface area contributed by atoms with E-state index in [9.17, 15) is 4.79 Å². The number of thiazole rings is 1. The lowest BCUT2D eigenvalue weighted by Gasteiger charge is -2.21. The summed E-state index contributed by atoms with van der Waals surface area (Å²) in [7, 11) is 3.28. The average Bonchev–Trinajstić information content (AvgIpc) is 2.89. The SMILES string of the molecule is CCN(CCn1c(C)csc1=O)Cc1ccc(OC)c(OC)c1. The van der Waals surface area contributed by atoms with Gasteiger partial charge >= 0.3 is 4.87 Å². The number of likely N-dealkylation sites (N-methyl/N-ethyl adjacent to an activating group) is 1. The van der Waals surface area contributed by atoms with Crippen LogP contribution in [0.1, 0.15) is 18.2 Å². The number of hydrogen-bond acceptors (Lipinski definition) is 5. The molecule has 0 bridgehead atoms. The second-order valence-corrected chi connectivity index (χ2v) is 6.17. The molecule has 0 fully saturated rings. The molecule has 0 N–H and O–H groups in total. The first-order valence-electron chi connectivity index (χ1n) is 7.67. The third kappa shape index (κ3) is 4.36. The number of hydrogen-bond donors (Lipinski definition) is 0. The van der Waals surface area contributed by atoms with E-state index < -0.39 is 0 Å². The number of benzene rings is 1. The third-order valence-corrected chi connectivity index (χ3v) is 4.80. The molecule has 0 saturated heterocycles. The van der Waals surface area contributed by atoms with E-state index in [1.165, 1.54) is 16.9 Å². The van der Waals surface area contributed by atoms with Crippen molar-refractivity contribution >= 4 is 11.3 Å². The summed E-state index contributed by atoms with van der Waals surface area (Å²) < 4.78 is 12.5. The van der Waals surface area contributed by atoms with E-state index in [1.807, 2.05) is 35.1 Å². The maximum Gasteiger partial charge on any atom is 0.307 e. The van der Waals surface area contributed by atoms with E-state index in [1.54, 1.807) is 14.2 Å². The van der Waals surface area contributed by atoms with Crippen LogP contribution in [0.15, 0.2) is 28.4 Å². The second-order valence-electron chi connectivity index (χ2n) is 5.35. The Morgan fingerprint density at radius 1 is 1.22 bits per heavy atom. The molecule has 2 aromatic rings. The molecule has 0 amide bonds. The first kappa shape index (κ1) is 17.6. The van der Waals surface area contributed by atoms with Crippen molar-refractivity contribution in [3.05, 3.63) is 44.5 Å². The van der Waals surface area contributed by atoms with E-state index in [4.69, 9.17) is 9.47 Å². The summed E-state index contributed by atoms with van der Waals surface area (Å²) in [5.74, 6) is 1.48. The van der Waals surface area contributed by atoms with Gasteiger partial charge in [0.2, 0.25) is 0 Å². The highest BCUT2D eigenvalue weighted by Crippen LogP contribution is 2.28. The van der Waals surface area contributed by atoms with Crippen LogP contribution in [0.4, 0.5) is 0 Å². The molecule has 2 rings (SSSR count). The fraction of sp³-hybridized carbons (Fsp3) is 0.471. The van der Waals surface area contributed by atoms with Crippen LogP contribution in [0.25, 0.3) is 0 Å². The van der Waals surface area contributed by atoms with Gasteiger partial charge in [0.1, 0.15) is 0 Å². The van der Waals surface area contributed by atoms with Crippen molar-refractivity contribution in [2.24, 2.45) is 0 Å². The smallest absolute Gasteiger partial charge is 0.307 e. The Bertz CT molecular complexity index is 693. The van der Waals surface area contributed by atoms with Gasteiger partial charge in [0.15, 0.2) is 11.5 Å². The molecule has 0 aliphatic rings. The number of rotatable bonds is 8. The first-order chi connectivity index (χ1) is 11.1. The molecule has 23 heavy (non-hydrogen) atoms. The maximum atomic E-state index is 11.8. The standard InChI is InChI=1S/C17H24N2O3S/c1-5-18(8-9-19-13(2)12-23-17(19)20)11-14-6-7-15(21-3)16(10-14)22-4/h6-7,10,12H,5,8-9,11H2,1-4H3. The largest absolute Gasteiger partial charge is 0.493 e. The zero-order valence-electron chi connectivity index (χ0n) is 14.2. The van der Waals surface area contributed by atoms with Crippen LogP contribution in [-0.4, -0.2) is 36.8 Å². The van der Waals surface area contributed by atoms with Crippen LogP contribution in [0.3, 0.4) is 0 Å². The van der Waals surface area contributed by atoms with Crippen molar-refractivity contribution in [3.63, 3.8) is 0 Å². The molecule has 0 aliphatic heterocycles. The Hall–Kier alpha value is -1.79. The summed E-state index contributed by atoms with van der Waals surface area (Å²) in [4.78, 5) is 14.2. The molecule has 0 spiro atoms. The molecule has 126 valence electrons. The van der Waals surface area contributed by atoms with Crippen LogP contribution >= 0.6 is 11.3 Å². The monoisotopic (exact) mass is 336 g/mol. The zero-order valence-corrected chi connectivity index (χ0v) is 15.0. The van der Waals surface area contributed by atoms with Gasteiger partial charge in [0.25, 0.3) is 0 Å². The molecule has 0 radical (unpaired) electrons. The molecule has 1 aromatic carbocycles. The number of methoxy groups -OCH3 is 2. The Kier molecular flexibility index (Phi) is 6.24. The first-order valence-corrected chi connectivity index (χ1v) is 8.55. The highest BCUT2D eigenvalue weighted by Gasteiger charge is 2.10. The summed E-state index contributed by atoms with van der Waals surface area (Å²) in [6, 6.07) is 5.98. The highest BCUT2D eigenvalue weighted by molar-refractivity contribution is 7.07. The van der Waals surface area contributed by atoms with Crippen molar-refractivity contribution in [1.29, 1.82) is 0 Å². The van der Waals surface area contributed by atoms with Crippen molar-refractivity contribution in [1.82, 2.24) is 9.47 Å². The predicted molar refractivity (Wildman–Crippen MR) is 93.8 cm³/mol. The van der Waals surface area contributed by atoms with Gasteiger partial charge < -0.3 is 14.0 Å². The lowest BCUT2D eigenvalue weighted by molar-refractivity contribution is 0.266. The van der Waals surface area contributed by atoms with Gasteiger partial charge in [0, 0.05) is 30.7 Å². The minimum atomic E-state index is 0.115. The lowest BCUT2D eigenvalue weighted by atomic mass is 10.2. The van der Waals surface area contributed by atoms with Crippen LogP contribution in [0.5, 0.6) is 11.5 Å². The molecule has 0 saturated carbocycles. The zero-order chi connectivity index (χ0) is 16.8. The van der Waals surface area contributed by atoms with Crippen molar-refractivity contribution in [2.45, 2.75) is 26.9 Å². The molecular weight excluding hydrogens is 312 g/mol. The third-order valence-electron chi connectivity index (χ3n) is 3.92. The number of nitrogens with zero attached hydrogens (tertiary/aromatic N) is 2. The van der Waals surface area contributed by atoms with E-state index in [0.29, 0.717) is 0 Å². The maximum absolute atomic E-state index is 11.8. The van der Waals surface area contributed by atoms with Crippen LogP contribution in [0.2, 0.25) is 0 Å². The fourth-order valence-electron chi connectivity index (χ4n) is 2.50. The summed E-state index contributed by atoms with van der Waals surface area (Å²) in [5, 5.41) is 1.91. The van der Waals surface area contributed by atoms with E-state index in [0.717, 1.165) is 43.4 Å². The minimum Gasteiger partial charge on any atom is -0.493 e. The highest BCUT2D eigenvalue weighted by atomic mass is 32.1. The molecule has 0 unspecified atom stereocenters. The predicted octanol–water partition coefficient (Wildman–Crippen LogP) is 2.76. The normalized spacial score (nSPS) is 11.0. The molecule has 0 atom stereocenters. The van der Waals surface area contributed by atoms with Crippen molar-refractivity contribution < 1.29 is 9.47 Å². The molecule has 6 heteroatoms. The molecule has 0 aliphatic carbocycles. The second kappa shape index (κ2) is 8.17. The average molecular weight is 336 g/mol. The summed E-state index contributed by atoms with van der Waals surface area (Å²) in [6.07, 6.45) is 0. The van der Waals surface area contributed by atoms with Gasteiger partial charge in [0.05, 0.1) is 14.2 Å². The Morgan fingerprint density at radius 2 is 1.96 bits per heavy atom. The van der Waals surface area contributed by atoms with Crippen molar-refractivity contribution in [2.75, 3.05) is 27.3 Å². The molecule has 5 nitrogen and oxygen atoms in total. The summed E-state index contributed by atoms with van der Waals surface area (Å²) in [5.41, 5.74) is 2.20. The number of aromatic nitrogens is 1. The van der Waals surface area contributed by atoms with E-state index >= 15 is 0 Å². The fourth-order valence-corrected chi connectivity index (χ4v) is 3.26. The van der Waals surface area contributed by atoms with Gasteiger partial charge in [-0.1, -0.05) is 24.3 Å². The molecular formula is C17H24N2O3S. The Labute approximate surface area is 141 Å². The van der Waals surface area contributed by atoms with Crippen LogP contribution < -0.4 is 14.3 Å². The lowest BCUT2D eigenvalue weighted by Crippen LogP contribution is -2.29. The van der Waals surface area contributed by atoms with Gasteiger partial charge in [-0.15, -0.1) is 0 Å². The topological polar surface area (TPSA) is 43.7 Å². The van der Waals surface area contributed by atoms with Gasteiger partial charge in [-0.3, -0.25) is 9.69 Å². The minimum absolute atomic E-state index is 0.115. The summed E-state index contributed by atoms with van der Waals surface area (Å²) >= 11 is 1.26. The van der Waals surface area contributed by atoms with Gasteiger partial charge in [-0.25, -0.2) is 0 Å². The molecule has 1 heterocycles. The van der Waals surface area contributed by atoms with E-state index in [2.05, 4.69) is 11.8 Å². The number of ether oxygens (including phenoxy) is 2. The Balaban J connectivity index is 2.03. The van der Waals surface area contributed by atoms with Crippen LogP contribution in [0, 0.1) is 6.92 Å². The van der Waals surface area contributed by atoms with Crippen LogP contribution in [-0.2, 0) is 13.1 Å². The summed E-state index contributed by atoms with van der Waals surface area (Å²) in [6.45, 7) is 7.39. The number of aryl methyl sites for hydroxylation is 1.